The number of ketones is 1. The lowest BCUT2D eigenvalue weighted by atomic mass is 9.91. The molecule has 9 heteroatoms. The summed E-state index contributed by atoms with van der Waals surface area (Å²) in [4.78, 5) is 28.7. The van der Waals surface area contributed by atoms with Crippen LogP contribution in [0.1, 0.15) is 54.7 Å². The van der Waals surface area contributed by atoms with Crippen molar-refractivity contribution < 1.29 is 37.3 Å². The summed E-state index contributed by atoms with van der Waals surface area (Å²) < 4.78 is 50.1. The third-order valence-electron chi connectivity index (χ3n) is 5.03. The molecule has 2 aromatic rings. The van der Waals surface area contributed by atoms with Gasteiger partial charge in [0.25, 0.3) is 0 Å². The Kier molecular flexibility index (Phi) is 7.65. The average Bonchev–Trinajstić information content (AvgIpc) is 2.72. The van der Waals surface area contributed by atoms with Crippen molar-refractivity contribution in [3.63, 3.8) is 0 Å². The van der Waals surface area contributed by atoms with E-state index in [1.165, 1.54) is 58.3 Å². The smallest absolute Gasteiger partial charge is 0.416 e. The zero-order valence-corrected chi connectivity index (χ0v) is 17.6. The predicted octanol–water partition coefficient (Wildman–Crippen LogP) is 4.76. The van der Waals surface area contributed by atoms with Crippen molar-refractivity contribution in [2.45, 2.75) is 45.4 Å². The summed E-state index contributed by atoms with van der Waals surface area (Å²) in [5.41, 5.74) is -1.00. The van der Waals surface area contributed by atoms with Crippen LogP contribution in [0.2, 0.25) is 0 Å². The molecule has 0 aliphatic rings. The molecule has 0 radical (unpaired) electrons. The molecule has 31 heavy (non-hydrogen) atoms. The maximum absolute atomic E-state index is 13.3. The first-order chi connectivity index (χ1) is 14.5. The van der Waals surface area contributed by atoms with Gasteiger partial charge in [0.05, 0.1) is 18.6 Å². The molecule has 168 valence electrons. The van der Waals surface area contributed by atoms with Crippen LogP contribution in [0, 0.1) is 5.92 Å². The molecule has 0 spiro atoms. The number of nitrogens with zero attached hydrogens (tertiary/aromatic N) is 1. The van der Waals surface area contributed by atoms with Crippen molar-refractivity contribution in [3.8, 4) is 11.5 Å². The highest BCUT2D eigenvalue weighted by molar-refractivity contribution is 5.99. The molecule has 0 bridgehead atoms. The number of carbonyl (C=O) groups excluding carboxylic acids is 2. The lowest BCUT2D eigenvalue weighted by Gasteiger charge is -2.25. The molecule has 3 atom stereocenters. The van der Waals surface area contributed by atoms with Crippen LogP contribution in [0.15, 0.2) is 36.5 Å². The molecular formula is C22H24F3NO5. The predicted molar refractivity (Wildman–Crippen MR) is 106 cm³/mol. The Balaban J connectivity index is 2.07. The number of aromatic nitrogens is 1. The number of benzene rings is 1. The van der Waals surface area contributed by atoms with Crippen molar-refractivity contribution in [1.82, 2.24) is 4.98 Å². The number of carbonyl (C=O) groups is 2. The number of esters is 1. The molecule has 0 saturated heterocycles. The summed E-state index contributed by atoms with van der Waals surface area (Å²) in [7, 11) is 1.32. The topological polar surface area (TPSA) is 85.7 Å². The monoisotopic (exact) mass is 439 g/mol. The number of alkyl halides is 3. The summed E-state index contributed by atoms with van der Waals surface area (Å²) in [5, 5.41) is 10.0. The molecule has 0 aliphatic carbocycles. The van der Waals surface area contributed by atoms with Crippen molar-refractivity contribution in [2.75, 3.05) is 7.11 Å². The minimum absolute atomic E-state index is 0.0181. The minimum atomic E-state index is -4.53. The van der Waals surface area contributed by atoms with Crippen LogP contribution in [0.3, 0.4) is 0 Å². The van der Waals surface area contributed by atoms with E-state index >= 15 is 0 Å². The van der Waals surface area contributed by atoms with Gasteiger partial charge >= 0.3 is 12.1 Å². The van der Waals surface area contributed by atoms with E-state index in [9.17, 15) is 27.9 Å². The summed E-state index contributed by atoms with van der Waals surface area (Å²) >= 11 is 0. The fourth-order valence-electron chi connectivity index (χ4n) is 3.07. The van der Waals surface area contributed by atoms with Gasteiger partial charge in [-0.1, -0.05) is 32.0 Å². The maximum Gasteiger partial charge on any atom is 0.416 e. The Morgan fingerprint density at radius 1 is 1.13 bits per heavy atom. The summed E-state index contributed by atoms with van der Waals surface area (Å²) in [6.45, 7) is 4.49. The van der Waals surface area contributed by atoms with Gasteiger partial charge in [0.1, 0.15) is 6.10 Å². The largest absolute Gasteiger partial charge is 0.503 e. The Morgan fingerprint density at radius 2 is 1.77 bits per heavy atom. The zero-order chi connectivity index (χ0) is 23.3. The molecule has 1 heterocycles. The lowest BCUT2D eigenvalue weighted by Crippen LogP contribution is -2.27. The normalized spacial score (nSPS) is 14.4. The second kappa shape index (κ2) is 9.80. The highest BCUT2D eigenvalue weighted by atomic mass is 19.4. The van der Waals surface area contributed by atoms with Gasteiger partial charge in [-0.05, 0) is 18.6 Å². The summed E-state index contributed by atoms with van der Waals surface area (Å²) in [5.74, 6) is -3.31. The first kappa shape index (κ1) is 24.2. The molecule has 0 aliphatic heterocycles. The first-order valence-corrected chi connectivity index (χ1v) is 9.59. The van der Waals surface area contributed by atoms with Gasteiger partial charge in [0.15, 0.2) is 23.0 Å². The first-order valence-electron chi connectivity index (χ1n) is 9.59. The van der Waals surface area contributed by atoms with Gasteiger partial charge in [-0.3, -0.25) is 9.59 Å². The number of Topliss-reactive ketones (excluding diaryl/α,β-unsaturated/α-hetero) is 1. The van der Waals surface area contributed by atoms with Crippen molar-refractivity contribution in [1.29, 1.82) is 0 Å². The highest BCUT2D eigenvalue weighted by Crippen LogP contribution is 2.36. The molecule has 1 aromatic heterocycles. The van der Waals surface area contributed by atoms with Crippen LogP contribution in [0.4, 0.5) is 13.2 Å². The Morgan fingerprint density at radius 3 is 2.39 bits per heavy atom. The van der Waals surface area contributed by atoms with Crippen LogP contribution in [-0.2, 0) is 15.7 Å². The van der Waals surface area contributed by atoms with E-state index in [2.05, 4.69) is 4.98 Å². The van der Waals surface area contributed by atoms with Crippen LogP contribution in [-0.4, -0.2) is 35.1 Å². The van der Waals surface area contributed by atoms with E-state index in [0.29, 0.717) is 0 Å². The van der Waals surface area contributed by atoms with Crippen LogP contribution >= 0.6 is 0 Å². The van der Waals surface area contributed by atoms with Crippen molar-refractivity contribution in [3.05, 3.63) is 53.3 Å². The second-order valence-corrected chi connectivity index (χ2v) is 7.25. The number of hydrogen-bond acceptors (Lipinski definition) is 6. The van der Waals surface area contributed by atoms with Crippen LogP contribution in [0.25, 0.3) is 0 Å². The van der Waals surface area contributed by atoms with Gasteiger partial charge in [0, 0.05) is 24.6 Å². The molecule has 0 saturated carbocycles. The van der Waals surface area contributed by atoms with Gasteiger partial charge in [-0.2, -0.15) is 13.2 Å². The number of rotatable bonds is 8. The van der Waals surface area contributed by atoms with Crippen LogP contribution in [0.5, 0.6) is 11.5 Å². The standard InChI is InChI=1S/C22H24F3NO5/c1-12(11-17(27)19-20(28)18(30-4)9-10-26-19)21(29)31-14(3)13(2)15-7-5-6-8-16(15)22(23,24)25/h5-10,12-14,28H,11H2,1-4H3/t12-,13-,14+/m1/s1. The van der Waals surface area contributed by atoms with E-state index in [0.717, 1.165) is 6.07 Å². The van der Waals surface area contributed by atoms with E-state index in [-0.39, 0.29) is 23.4 Å². The fourth-order valence-corrected chi connectivity index (χ4v) is 3.07. The number of methoxy groups -OCH3 is 1. The minimum Gasteiger partial charge on any atom is -0.503 e. The summed E-state index contributed by atoms with van der Waals surface area (Å²) in [6.07, 6.45) is -4.40. The Hall–Kier alpha value is -3.10. The van der Waals surface area contributed by atoms with Gasteiger partial charge in [-0.25, -0.2) is 4.98 Å². The molecule has 6 nitrogen and oxygen atoms in total. The lowest BCUT2D eigenvalue weighted by molar-refractivity contribution is -0.153. The van der Waals surface area contributed by atoms with Crippen molar-refractivity contribution in [2.24, 2.45) is 5.92 Å². The molecule has 1 aromatic carbocycles. The molecule has 0 unspecified atom stereocenters. The number of aromatic hydroxyl groups is 1. The number of halogens is 3. The van der Waals surface area contributed by atoms with E-state index in [1.54, 1.807) is 0 Å². The molecule has 2 rings (SSSR count). The SMILES string of the molecule is COc1ccnc(C(=O)C[C@@H](C)C(=O)O[C@@H](C)[C@@H](C)c2ccccc2C(F)(F)F)c1O. The van der Waals surface area contributed by atoms with Gasteiger partial charge < -0.3 is 14.6 Å². The quantitative estimate of drug-likeness (QED) is 0.472. The Labute approximate surface area is 178 Å². The number of pyridine rings is 1. The van der Waals surface area contributed by atoms with Crippen LogP contribution < -0.4 is 4.74 Å². The third kappa shape index (κ3) is 5.74. The maximum atomic E-state index is 13.3. The third-order valence-corrected chi connectivity index (χ3v) is 5.03. The molecule has 0 fully saturated rings. The molecular weight excluding hydrogens is 415 g/mol. The Bertz CT molecular complexity index is 945. The van der Waals surface area contributed by atoms with Gasteiger partial charge in [-0.15, -0.1) is 0 Å². The number of ether oxygens (including phenoxy) is 2. The molecule has 0 amide bonds. The molecule has 1 N–H and O–H groups in total. The van der Waals surface area contributed by atoms with Gasteiger partial charge in [0.2, 0.25) is 0 Å². The second-order valence-electron chi connectivity index (χ2n) is 7.25. The zero-order valence-electron chi connectivity index (χ0n) is 17.6. The fraction of sp³-hybridized carbons (Fsp3) is 0.409. The highest BCUT2D eigenvalue weighted by Gasteiger charge is 2.36. The summed E-state index contributed by atoms with van der Waals surface area (Å²) in [6, 6.07) is 6.50. The van der Waals surface area contributed by atoms with E-state index in [1.807, 2.05) is 0 Å². The number of hydrogen-bond donors (Lipinski definition) is 1. The average molecular weight is 439 g/mol. The van der Waals surface area contributed by atoms with Crippen molar-refractivity contribution >= 4 is 11.8 Å². The van der Waals surface area contributed by atoms with E-state index < -0.39 is 47.2 Å². The van der Waals surface area contributed by atoms with E-state index in [4.69, 9.17) is 9.47 Å².